The molecule has 3 aromatic rings. The van der Waals surface area contributed by atoms with Crippen molar-refractivity contribution in [2.24, 2.45) is 11.7 Å². The van der Waals surface area contributed by atoms with Crippen LogP contribution in [0.25, 0.3) is 0 Å². The van der Waals surface area contributed by atoms with Crippen molar-refractivity contribution >= 4 is 17.5 Å². The predicted octanol–water partition coefficient (Wildman–Crippen LogP) is 3.38. The van der Waals surface area contributed by atoms with E-state index in [0.717, 1.165) is 12.1 Å². The number of halogens is 4. The van der Waals surface area contributed by atoms with E-state index < -0.39 is 35.6 Å². The maximum absolute atomic E-state index is 15.4. The Bertz CT molecular complexity index is 1280. The molecule has 1 saturated heterocycles. The van der Waals surface area contributed by atoms with Gasteiger partial charge in [0.15, 0.2) is 11.6 Å². The molecule has 214 valence electrons. The Hall–Kier alpha value is -3.84. The van der Waals surface area contributed by atoms with Crippen LogP contribution in [0.1, 0.15) is 36.1 Å². The van der Waals surface area contributed by atoms with Crippen LogP contribution in [-0.2, 0) is 17.5 Å². The first-order valence-corrected chi connectivity index (χ1v) is 12.8. The summed E-state index contributed by atoms with van der Waals surface area (Å²) in [4.78, 5) is 27.6. The van der Waals surface area contributed by atoms with Crippen molar-refractivity contribution in [2.75, 3.05) is 36.4 Å². The normalized spacial score (nSPS) is 18.8. The second-order valence-corrected chi connectivity index (χ2v) is 9.65. The lowest BCUT2D eigenvalue weighted by Crippen LogP contribution is -2.50. The number of nitrogens with two attached hydrogens (primary N) is 1. The smallest absolute Gasteiger partial charge is 0.391 e. The van der Waals surface area contributed by atoms with E-state index in [1.165, 1.54) is 18.5 Å². The van der Waals surface area contributed by atoms with Crippen molar-refractivity contribution < 1.29 is 27.5 Å². The van der Waals surface area contributed by atoms with Gasteiger partial charge in [0, 0.05) is 44.5 Å². The number of nitrogens with zero attached hydrogens (tertiary/aromatic N) is 5. The van der Waals surface area contributed by atoms with Gasteiger partial charge in [-0.3, -0.25) is 14.7 Å². The molecular weight excluding hydrogens is 530 g/mol. The van der Waals surface area contributed by atoms with Crippen LogP contribution in [-0.4, -0.2) is 63.1 Å². The Kier molecular flexibility index (Phi) is 9.15. The number of rotatable bonds is 10. The van der Waals surface area contributed by atoms with Gasteiger partial charge in [-0.15, -0.1) is 0 Å². The molecule has 1 amide bonds. The van der Waals surface area contributed by atoms with Gasteiger partial charge >= 0.3 is 6.18 Å². The van der Waals surface area contributed by atoms with Crippen molar-refractivity contribution in [3.8, 4) is 0 Å². The number of hydrogen-bond acceptors (Lipinski definition) is 8. The van der Waals surface area contributed by atoms with Crippen molar-refractivity contribution in [3.05, 3.63) is 77.6 Å². The molecule has 0 spiro atoms. The lowest BCUT2D eigenvalue weighted by Gasteiger charge is -2.39. The minimum absolute atomic E-state index is 0.0110. The molecule has 9 nitrogen and oxygen atoms in total. The molecule has 3 heterocycles. The maximum atomic E-state index is 15.4. The molecule has 1 unspecified atom stereocenters. The lowest BCUT2D eigenvalue weighted by molar-refractivity contribution is -0.137. The fourth-order valence-corrected chi connectivity index (χ4v) is 4.87. The van der Waals surface area contributed by atoms with Gasteiger partial charge in [0.25, 0.3) is 0 Å². The third kappa shape index (κ3) is 6.83. The lowest BCUT2D eigenvalue weighted by atomic mass is 9.91. The molecule has 13 heteroatoms. The number of β-amino-alcohol motifs (C(OH)–C–C–N with tert-alkyl or cyclic N) is 1. The topological polar surface area (TPSA) is 120 Å². The number of carbonyl (C=O) groups is 1. The molecule has 1 aliphatic rings. The first kappa shape index (κ1) is 29.2. The molecule has 0 saturated carbocycles. The zero-order chi connectivity index (χ0) is 28.9. The largest absolute Gasteiger partial charge is 0.416 e. The highest BCUT2D eigenvalue weighted by atomic mass is 19.4. The van der Waals surface area contributed by atoms with Crippen molar-refractivity contribution in [3.63, 3.8) is 0 Å². The zero-order valence-electron chi connectivity index (χ0n) is 21.9. The number of piperidine rings is 1. The second kappa shape index (κ2) is 12.6. The van der Waals surface area contributed by atoms with Crippen LogP contribution in [0.5, 0.6) is 0 Å². The van der Waals surface area contributed by atoms with Crippen LogP contribution in [0.4, 0.5) is 29.2 Å². The summed E-state index contributed by atoms with van der Waals surface area (Å²) in [5.74, 6) is -1.50. The Morgan fingerprint density at radius 2 is 1.90 bits per heavy atom. The standard InChI is InChI=1S/C27H31F4N7O2/c1-2-37(14-17-3-5-20(6-4-17)27(29,30)31)26-22(28)25(35-16-36-26)34-13-19-9-12-38(15-21(19)39)23(24(32)40)18-7-10-33-11-8-18/h3-8,10-11,16,19,21,23,39H,2,9,12-15H2,1H3,(H2,32,40)(H,34,35,36)/t19-,21+,23?/m1/s1. The number of likely N-dealkylation sites (tertiary alicyclic amines) is 1. The summed E-state index contributed by atoms with van der Waals surface area (Å²) in [7, 11) is 0. The highest BCUT2D eigenvalue weighted by Crippen LogP contribution is 2.31. The van der Waals surface area contributed by atoms with E-state index in [-0.39, 0.29) is 37.2 Å². The fourth-order valence-electron chi connectivity index (χ4n) is 4.87. The van der Waals surface area contributed by atoms with Crippen LogP contribution < -0.4 is 16.0 Å². The van der Waals surface area contributed by atoms with Crippen LogP contribution in [0.15, 0.2) is 55.1 Å². The number of primary amides is 1. The number of pyridine rings is 1. The number of hydrogen-bond donors (Lipinski definition) is 3. The number of aromatic nitrogens is 3. The van der Waals surface area contributed by atoms with E-state index in [9.17, 15) is 23.1 Å². The maximum Gasteiger partial charge on any atom is 0.416 e. The van der Waals surface area contributed by atoms with Crippen molar-refractivity contribution in [1.29, 1.82) is 0 Å². The zero-order valence-corrected chi connectivity index (χ0v) is 21.9. The summed E-state index contributed by atoms with van der Waals surface area (Å²) in [6, 6.07) is 7.42. The summed E-state index contributed by atoms with van der Waals surface area (Å²) < 4.78 is 54.1. The minimum atomic E-state index is -4.43. The van der Waals surface area contributed by atoms with E-state index in [1.54, 1.807) is 36.4 Å². The summed E-state index contributed by atoms with van der Waals surface area (Å²) in [5.41, 5.74) is 6.16. The Morgan fingerprint density at radius 3 is 2.50 bits per heavy atom. The number of benzene rings is 1. The van der Waals surface area contributed by atoms with Gasteiger partial charge in [-0.05, 0) is 55.3 Å². The van der Waals surface area contributed by atoms with Crippen LogP contribution in [0.2, 0.25) is 0 Å². The molecule has 0 bridgehead atoms. The highest BCUT2D eigenvalue weighted by Gasteiger charge is 2.35. The third-order valence-electron chi connectivity index (χ3n) is 7.05. The van der Waals surface area contributed by atoms with Crippen LogP contribution >= 0.6 is 0 Å². The second-order valence-electron chi connectivity index (χ2n) is 9.65. The number of amides is 1. The van der Waals surface area contributed by atoms with E-state index in [2.05, 4.69) is 20.3 Å². The molecule has 4 N–H and O–H groups in total. The molecule has 0 aliphatic carbocycles. The molecule has 40 heavy (non-hydrogen) atoms. The number of carbonyl (C=O) groups excluding carboxylic acids is 1. The van der Waals surface area contributed by atoms with Crippen molar-refractivity contribution in [2.45, 2.75) is 38.2 Å². The Labute approximate surface area is 229 Å². The monoisotopic (exact) mass is 561 g/mol. The van der Waals surface area contributed by atoms with E-state index >= 15 is 4.39 Å². The molecule has 3 atom stereocenters. The van der Waals surface area contributed by atoms with Gasteiger partial charge < -0.3 is 21.1 Å². The molecule has 2 aromatic heterocycles. The van der Waals surface area contributed by atoms with E-state index in [1.807, 2.05) is 4.90 Å². The van der Waals surface area contributed by atoms with E-state index in [4.69, 9.17) is 5.73 Å². The number of anilines is 2. The number of nitrogens with one attached hydrogen (secondary N) is 1. The third-order valence-corrected chi connectivity index (χ3v) is 7.05. The average molecular weight is 562 g/mol. The van der Waals surface area contributed by atoms with Gasteiger partial charge in [0.2, 0.25) is 11.7 Å². The van der Waals surface area contributed by atoms with E-state index in [0.29, 0.717) is 30.6 Å². The molecule has 1 fully saturated rings. The quantitative estimate of drug-likeness (QED) is 0.323. The molecule has 1 aliphatic heterocycles. The highest BCUT2D eigenvalue weighted by molar-refractivity contribution is 5.81. The van der Waals surface area contributed by atoms with Gasteiger partial charge in [-0.25, -0.2) is 9.97 Å². The van der Waals surface area contributed by atoms with Gasteiger partial charge in [0.1, 0.15) is 12.4 Å². The number of aliphatic hydroxyl groups excluding tert-OH is 1. The molecule has 0 radical (unpaired) electrons. The minimum Gasteiger partial charge on any atom is -0.391 e. The first-order valence-electron chi connectivity index (χ1n) is 12.8. The Morgan fingerprint density at radius 1 is 1.20 bits per heavy atom. The van der Waals surface area contributed by atoms with Gasteiger partial charge in [-0.2, -0.15) is 17.6 Å². The number of aliphatic hydroxyl groups is 1. The molecule has 4 rings (SSSR count). The first-order chi connectivity index (χ1) is 19.1. The Balaban J connectivity index is 1.39. The summed E-state index contributed by atoms with van der Waals surface area (Å²) in [6.45, 7) is 3.21. The number of alkyl halides is 3. The molecular formula is C27H31F4N7O2. The predicted molar refractivity (Wildman–Crippen MR) is 141 cm³/mol. The summed E-state index contributed by atoms with van der Waals surface area (Å²) in [6.07, 6.45) is -0.353. The average Bonchev–Trinajstić information content (AvgIpc) is 2.92. The van der Waals surface area contributed by atoms with Crippen molar-refractivity contribution in [1.82, 2.24) is 19.9 Å². The van der Waals surface area contributed by atoms with Crippen LogP contribution in [0.3, 0.4) is 0 Å². The molecule has 1 aromatic carbocycles. The summed E-state index contributed by atoms with van der Waals surface area (Å²) in [5, 5.41) is 13.8. The van der Waals surface area contributed by atoms with Gasteiger partial charge in [-0.1, -0.05) is 12.1 Å². The summed E-state index contributed by atoms with van der Waals surface area (Å²) >= 11 is 0. The van der Waals surface area contributed by atoms with Crippen LogP contribution in [0, 0.1) is 11.7 Å². The SMILES string of the molecule is CCN(Cc1ccc(C(F)(F)F)cc1)c1ncnc(NC[C@H]2CCN(C(C(N)=O)c3ccncc3)C[C@@H]2O)c1F. The fraction of sp³-hybridized carbons (Fsp3) is 0.407. The van der Waals surface area contributed by atoms with Gasteiger partial charge in [0.05, 0.1) is 11.7 Å².